The van der Waals surface area contributed by atoms with Crippen molar-refractivity contribution in [3.05, 3.63) is 95.1 Å². The number of hydrogen-bond donors (Lipinski definition) is 0. The van der Waals surface area contributed by atoms with E-state index in [-0.39, 0.29) is 0 Å². The molecule has 0 N–H and O–H groups in total. The van der Waals surface area contributed by atoms with Crippen molar-refractivity contribution < 1.29 is 14.3 Å². The molecule has 4 nitrogen and oxygen atoms in total. The topological polar surface area (TPSA) is 40.0 Å². The third kappa shape index (κ3) is 5.61. The zero-order chi connectivity index (χ0) is 18.9. The molecule has 3 aromatic rings. The number of ether oxygens (including phenoxy) is 2. The molecule has 27 heavy (non-hydrogen) atoms. The fraction of sp³-hybridized carbons (Fsp3) is 0.174. The van der Waals surface area contributed by atoms with Gasteiger partial charge in [0.2, 0.25) is 0 Å². The molecule has 0 spiro atoms. The molecule has 0 aliphatic rings. The van der Waals surface area contributed by atoms with Crippen molar-refractivity contribution in [1.82, 2.24) is 0 Å². The Balaban J connectivity index is 1.60. The van der Waals surface area contributed by atoms with Crippen LogP contribution in [0, 0.1) is 6.92 Å². The molecule has 0 atom stereocenters. The molecule has 0 amide bonds. The van der Waals surface area contributed by atoms with Gasteiger partial charge in [-0.2, -0.15) is 0 Å². The maximum atomic E-state index is 5.91. The summed E-state index contributed by atoms with van der Waals surface area (Å²) >= 11 is 0. The zero-order valence-corrected chi connectivity index (χ0v) is 15.6. The highest BCUT2D eigenvalue weighted by molar-refractivity contribution is 5.80. The third-order valence-corrected chi connectivity index (χ3v) is 4.05. The van der Waals surface area contributed by atoms with Crippen LogP contribution in [-0.4, -0.2) is 13.3 Å². The first-order chi connectivity index (χ1) is 13.2. The number of methoxy groups -OCH3 is 1. The van der Waals surface area contributed by atoms with Crippen LogP contribution in [0.3, 0.4) is 0 Å². The van der Waals surface area contributed by atoms with Gasteiger partial charge in [0, 0.05) is 5.56 Å². The molecule has 0 aromatic heterocycles. The van der Waals surface area contributed by atoms with E-state index < -0.39 is 0 Å². The summed E-state index contributed by atoms with van der Waals surface area (Å²) in [6.45, 7) is 2.97. The Hall–Kier alpha value is -3.27. The third-order valence-electron chi connectivity index (χ3n) is 4.05. The van der Waals surface area contributed by atoms with E-state index in [0.29, 0.717) is 24.7 Å². The van der Waals surface area contributed by atoms with Gasteiger partial charge in [-0.15, -0.1) is 0 Å². The standard InChI is InChI=1S/C23H23NO3/c1-18-8-10-20(11-9-18)17-27-24-15-21-12-13-22(25-2)23(14-21)26-16-19-6-4-3-5-7-19/h3-15H,16-17H2,1-2H3. The summed E-state index contributed by atoms with van der Waals surface area (Å²) in [6, 6.07) is 23.9. The van der Waals surface area contributed by atoms with Crippen LogP contribution in [-0.2, 0) is 18.1 Å². The van der Waals surface area contributed by atoms with E-state index in [0.717, 1.165) is 16.7 Å². The first-order valence-electron chi connectivity index (χ1n) is 8.80. The molecule has 0 saturated heterocycles. The van der Waals surface area contributed by atoms with Crippen molar-refractivity contribution in [1.29, 1.82) is 0 Å². The van der Waals surface area contributed by atoms with Gasteiger partial charge in [0.25, 0.3) is 0 Å². The van der Waals surface area contributed by atoms with Crippen LogP contribution in [0.4, 0.5) is 0 Å². The fourth-order valence-corrected chi connectivity index (χ4v) is 2.52. The molecule has 3 rings (SSSR count). The number of oxime groups is 1. The summed E-state index contributed by atoms with van der Waals surface area (Å²) in [7, 11) is 1.63. The van der Waals surface area contributed by atoms with E-state index in [9.17, 15) is 0 Å². The van der Waals surface area contributed by atoms with Gasteiger partial charge in [-0.05, 0) is 36.2 Å². The summed E-state index contributed by atoms with van der Waals surface area (Å²) in [4.78, 5) is 5.39. The Morgan fingerprint density at radius 3 is 2.30 bits per heavy atom. The molecule has 4 heteroatoms. The van der Waals surface area contributed by atoms with Crippen LogP contribution in [0.15, 0.2) is 78.0 Å². The van der Waals surface area contributed by atoms with Gasteiger partial charge in [-0.1, -0.05) is 65.3 Å². The molecule has 0 aliphatic heterocycles. The van der Waals surface area contributed by atoms with E-state index in [1.165, 1.54) is 5.56 Å². The molecule has 0 bridgehead atoms. The maximum absolute atomic E-state index is 5.91. The second-order valence-electron chi connectivity index (χ2n) is 6.18. The highest BCUT2D eigenvalue weighted by Gasteiger charge is 2.06. The quantitative estimate of drug-likeness (QED) is 0.412. The molecule has 138 valence electrons. The second-order valence-corrected chi connectivity index (χ2v) is 6.18. The van der Waals surface area contributed by atoms with Gasteiger partial charge >= 0.3 is 0 Å². The number of benzene rings is 3. The number of nitrogens with zero attached hydrogens (tertiary/aromatic N) is 1. The molecular weight excluding hydrogens is 338 g/mol. The Labute approximate surface area is 160 Å². The first-order valence-corrected chi connectivity index (χ1v) is 8.80. The summed E-state index contributed by atoms with van der Waals surface area (Å²) < 4.78 is 11.3. The van der Waals surface area contributed by atoms with Gasteiger partial charge in [0.15, 0.2) is 11.5 Å². The minimum atomic E-state index is 0.435. The fourth-order valence-electron chi connectivity index (χ4n) is 2.52. The van der Waals surface area contributed by atoms with Crippen molar-refractivity contribution >= 4 is 6.21 Å². The summed E-state index contributed by atoms with van der Waals surface area (Å²) in [5.41, 5.74) is 4.28. The summed E-state index contributed by atoms with van der Waals surface area (Å²) in [6.07, 6.45) is 1.67. The average molecular weight is 361 g/mol. The Morgan fingerprint density at radius 2 is 1.56 bits per heavy atom. The molecule has 3 aromatic carbocycles. The van der Waals surface area contributed by atoms with Crippen LogP contribution < -0.4 is 9.47 Å². The van der Waals surface area contributed by atoms with E-state index >= 15 is 0 Å². The number of rotatable bonds is 8. The number of hydrogen-bond acceptors (Lipinski definition) is 4. The first kappa shape index (κ1) is 18.5. The molecule has 0 radical (unpaired) electrons. The van der Waals surface area contributed by atoms with Crippen LogP contribution in [0.5, 0.6) is 11.5 Å². The Bertz CT molecular complexity index is 874. The van der Waals surface area contributed by atoms with Crippen molar-refractivity contribution in [3.63, 3.8) is 0 Å². The minimum absolute atomic E-state index is 0.435. The van der Waals surface area contributed by atoms with Gasteiger partial charge in [-0.3, -0.25) is 0 Å². The lowest BCUT2D eigenvalue weighted by molar-refractivity contribution is 0.132. The lowest BCUT2D eigenvalue weighted by Crippen LogP contribution is -1.98. The average Bonchev–Trinajstić information content (AvgIpc) is 2.72. The van der Waals surface area contributed by atoms with Crippen LogP contribution in [0.1, 0.15) is 22.3 Å². The lowest BCUT2D eigenvalue weighted by Gasteiger charge is -2.11. The van der Waals surface area contributed by atoms with Gasteiger partial charge in [-0.25, -0.2) is 0 Å². The normalized spacial score (nSPS) is 10.7. The number of aryl methyl sites for hydroxylation is 1. The minimum Gasteiger partial charge on any atom is -0.493 e. The van der Waals surface area contributed by atoms with E-state index in [1.807, 2.05) is 60.7 Å². The molecule has 0 heterocycles. The van der Waals surface area contributed by atoms with Gasteiger partial charge in [0.05, 0.1) is 13.3 Å². The molecule has 0 unspecified atom stereocenters. The zero-order valence-electron chi connectivity index (χ0n) is 15.6. The second kappa shape index (κ2) is 9.43. The van der Waals surface area contributed by atoms with Crippen molar-refractivity contribution in [3.8, 4) is 11.5 Å². The molecular formula is C23H23NO3. The highest BCUT2D eigenvalue weighted by Crippen LogP contribution is 2.28. The van der Waals surface area contributed by atoms with Crippen LogP contribution in [0.2, 0.25) is 0 Å². The van der Waals surface area contributed by atoms with Crippen molar-refractivity contribution in [2.45, 2.75) is 20.1 Å². The SMILES string of the molecule is COc1ccc(C=NOCc2ccc(C)cc2)cc1OCc1ccccc1. The summed E-state index contributed by atoms with van der Waals surface area (Å²) in [5, 5.41) is 4.05. The van der Waals surface area contributed by atoms with Gasteiger partial charge in [0.1, 0.15) is 13.2 Å². The predicted octanol–water partition coefficient (Wildman–Crippen LogP) is 5.13. The van der Waals surface area contributed by atoms with Crippen LogP contribution in [0.25, 0.3) is 0 Å². The molecule has 0 saturated carbocycles. The predicted molar refractivity (Wildman–Crippen MR) is 107 cm³/mol. The van der Waals surface area contributed by atoms with E-state index in [2.05, 4.69) is 24.2 Å². The van der Waals surface area contributed by atoms with Crippen molar-refractivity contribution in [2.24, 2.45) is 5.16 Å². The molecule has 0 fully saturated rings. The van der Waals surface area contributed by atoms with E-state index in [1.54, 1.807) is 13.3 Å². The van der Waals surface area contributed by atoms with Gasteiger partial charge < -0.3 is 14.3 Å². The molecule has 0 aliphatic carbocycles. The van der Waals surface area contributed by atoms with E-state index in [4.69, 9.17) is 14.3 Å². The largest absolute Gasteiger partial charge is 0.493 e. The lowest BCUT2D eigenvalue weighted by atomic mass is 10.2. The van der Waals surface area contributed by atoms with Crippen molar-refractivity contribution in [2.75, 3.05) is 7.11 Å². The maximum Gasteiger partial charge on any atom is 0.162 e. The summed E-state index contributed by atoms with van der Waals surface area (Å²) in [5.74, 6) is 1.35. The Morgan fingerprint density at radius 1 is 0.815 bits per heavy atom. The Kier molecular flexibility index (Phi) is 6.47. The monoisotopic (exact) mass is 361 g/mol. The van der Waals surface area contributed by atoms with Crippen LogP contribution >= 0.6 is 0 Å². The highest BCUT2D eigenvalue weighted by atomic mass is 16.6. The smallest absolute Gasteiger partial charge is 0.162 e.